The third kappa shape index (κ3) is 2.88. The molecule has 1 aromatic rings. The monoisotopic (exact) mass is 358 g/mol. The van der Waals surface area contributed by atoms with E-state index in [0.29, 0.717) is 12.1 Å². The molecular weight excluding hydrogens is 328 g/mol. The van der Waals surface area contributed by atoms with Crippen LogP contribution in [0.3, 0.4) is 0 Å². The Hall–Kier alpha value is -1.69. The number of aromatic nitrogens is 2. The van der Waals surface area contributed by atoms with Crippen LogP contribution in [0.25, 0.3) is 0 Å². The van der Waals surface area contributed by atoms with Crippen LogP contribution in [0, 0.1) is 25.7 Å². The fraction of sp³-hybridized carbons (Fsp3) is 0.750. The number of hydrogen-bond donors (Lipinski definition) is 0. The van der Waals surface area contributed by atoms with Crippen LogP contribution in [0.2, 0.25) is 0 Å². The lowest BCUT2D eigenvalue weighted by molar-refractivity contribution is -0.138. The Balaban J connectivity index is 1.52. The van der Waals surface area contributed by atoms with Gasteiger partial charge in [-0.1, -0.05) is 6.92 Å². The summed E-state index contributed by atoms with van der Waals surface area (Å²) in [4.78, 5) is 27.0. The van der Waals surface area contributed by atoms with Gasteiger partial charge in [-0.3, -0.25) is 4.79 Å². The molecule has 6 heteroatoms. The number of amides is 1. The lowest BCUT2D eigenvalue weighted by Gasteiger charge is -2.42. The highest BCUT2D eigenvalue weighted by Crippen LogP contribution is 2.37. The first-order valence-corrected chi connectivity index (χ1v) is 9.90. The summed E-state index contributed by atoms with van der Waals surface area (Å²) in [5.74, 6) is 1.36. The summed E-state index contributed by atoms with van der Waals surface area (Å²) in [5, 5.41) is 0. The Morgan fingerprint density at radius 2 is 1.62 bits per heavy atom. The zero-order valence-electron chi connectivity index (χ0n) is 16.5. The Kier molecular flexibility index (Phi) is 4.41. The lowest BCUT2D eigenvalue weighted by atomic mass is 9.88. The molecule has 2 bridgehead atoms. The topological polar surface area (TPSA) is 58.6 Å². The first kappa shape index (κ1) is 17.7. The van der Waals surface area contributed by atoms with Crippen molar-refractivity contribution in [1.82, 2.24) is 14.9 Å². The van der Waals surface area contributed by atoms with Crippen molar-refractivity contribution in [3.05, 3.63) is 17.5 Å². The summed E-state index contributed by atoms with van der Waals surface area (Å²) < 4.78 is 5.91. The number of hydrogen-bond acceptors (Lipinski definition) is 5. The van der Waals surface area contributed by atoms with Gasteiger partial charge in [0.05, 0.1) is 18.1 Å². The van der Waals surface area contributed by atoms with Crippen LogP contribution in [0.15, 0.2) is 6.07 Å². The minimum atomic E-state index is -0.0200. The molecule has 6 unspecified atom stereocenters. The second kappa shape index (κ2) is 6.48. The molecule has 142 valence electrons. The van der Waals surface area contributed by atoms with Crippen molar-refractivity contribution in [3.8, 4) is 0 Å². The number of nitrogens with zero attached hydrogens (tertiary/aromatic N) is 4. The molecule has 3 aliphatic heterocycles. The number of fused-ring (bicyclic) bond motifs is 2. The van der Waals surface area contributed by atoms with E-state index in [0.717, 1.165) is 43.3 Å². The van der Waals surface area contributed by atoms with Gasteiger partial charge >= 0.3 is 0 Å². The predicted molar refractivity (Wildman–Crippen MR) is 100 cm³/mol. The van der Waals surface area contributed by atoms with Gasteiger partial charge in [0, 0.05) is 36.6 Å². The highest BCUT2D eigenvalue weighted by Gasteiger charge is 2.48. The molecule has 4 heterocycles. The second-order valence-corrected chi connectivity index (χ2v) is 8.42. The van der Waals surface area contributed by atoms with E-state index in [1.807, 2.05) is 26.8 Å². The molecule has 0 aliphatic carbocycles. The normalized spacial score (nSPS) is 36.7. The fourth-order valence-corrected chi connectivity index (χ4v) is 5.14. The van der Waals surface area contributed by atoms with Crippen LogP contribution in [0.5, 0.6) is 0 Å². The summed E-state index contributed by atoms with van der Waals surface area (Å²) in [6, 6.07) is 2.66. The summed E-state index contributed by atoms with van der Waals surface area (Å²) in [6.07, 6.45) is 2.37. The van der Waals surface area contributed by atoms with Crippen LogP contribution in [0.4, 0.5) is 5.95 Å². The Bertz CT molecular complexity index is 675. The molecule has 3 aliphatic rings. The molecule has 26 heavy (non-hydrogen) atoms. The second-order valence-electron chi connectivity index (χ2n) is 8.42. The van der Waals surface area contributed by atoms with Crippen molar-refractivity contribution in [2.75, 3.05) is 18.0 Å². The van der Waals surface area contributed by atoms with Gasteiger partial charge in [-0.05, 0) is 52.5 Å². The van der Waals surface area contributed by atoms with E-state index in [4.69, 9.17) is 4.74 Å². The Labute approximate surface area is 155 Å². The number of anilines is 1. The number of ether oxygens (including phenoxy) is 1. The number of aryl methyl sites for hydroxylation is 2. The van der Waals surface area contributed by atoms with Gasteiger partial charge in [-0.25, -0.2) is 9.97 Å². The van der Waals surface area contributed by atoms with Crippen molar-refractivity contribution in [2.24, 2.45) is 11.8 Å². The molecule has 0 aromatic carbocycles. The highest BCUT2D eigenvalue weighted by molar-refractivity contribution is 5.80. The SMILES string of the molecule is Cc1cc(C)nc(N2C3CCC2CN(C(=O)C2C(C)OC(C)C2C)C3)n1. The average Bonchev–Trinajstić information content (AvgIpc) is 2.97. The van der Waals surface area contributed by atoms with Crippen LogP contribution in [-0.4, -0.2) is 58.2 Å². The molecule has 0 radical (unpaired) electrons. The number of piperazine rings is 1. The van der Waals surface area contributed by atoms with Gasteiger partial charge in [0.2, 0.25) is 11.9 Å². The van der Waals surface area contributed by atoms with Crippen molar-refractivity contribution in [2.45, 2.75) is 71.8 Å². The predicted octanol–water partition coefficient (Wildman–Crippen LogP) is 2.33. The maximum absolute atomic E-state index is 13.2. The lowest BCUT2D eigenvalue weighted by Crippen LogP contribution is -2.57. The first-order valence-electron chi connectivity index (χ1n) is 9.90. The van der Waals surface area contributed by atoms with Gasteiger partial charge in [0.1, 0.15) is 0 Å². The van der Waals surface area contributed by atoms with E-state index >= 15 is 0 Å². The Morgan fingerprint density at radius 3 is 2.12 bits per heavy atom. The maximum atomic E-state index is 13.2. The molecule has 0 N–H and O–H groups in total. The molecule has 6 nitrogen and oxygen atoms in total. The summed E-state index contributed by atoms with van der Waals surface area (Å²) in [5.41, 5.74) is 2.01. The molecule has 3 saturated heterocycles. The van der Waals surface area contributed by atoms with Crippen LogP contribution >= 0.6 is 0 Å². The van der Waals surface area contributed by atoms with Crippen molar-refractivity contribution in [3.63, 3.8) is 0 Å². The smallest absolute Gasteiger partial charge is 0.228 e. The zero-order valence-corrected chi connectivity index (χ0v) is 16.5. The van der Waals surface area contributed by atoms with E-state index in [2.05, 4.69) is 33.6 Å². The molecule has 3 fully saturated rings. The van der Waals surface area contributed by atoms with Crippen LogP contribution < -0.4 is 4.90 Å². The van der Waals surface area contributed by atoms with Gasteiger partial charge in [0.25, 0.3) is 0 Å². The number of carbonyl (C=O) groups excluding carboxylic acids is 1. The average molecular weight is 358 g/mol. The third-order valence-electron chi connectivity index (χ3n) is 6.52. The van der Waals surface area contributed by atoms with Crippen molar-refractivity contribution < 1.29 is 9.53 Å². The third-order valence-corrected chi connectivity index (χ3v) is 6.52. The molecule has 4 rings (SSSR count). The molecule has 1 aromatic heterocycles. The van der Waals surface area contributed by atoms with Crippen molar-refractivity contribution in [1.29, 1.82) is 0 Å². The number of rotatable bonds is 2. The summed E-state index contributed by atoms with van der Waals surface area (Å²) in [7, 11) is 0. The fourth-order valence-electron chi connectivity index (χ4n) is 5.14. The highest BCUT2D eigenvalue weighted by atomic mass is 16.5. The molecule has 6 atom stereocenters. The standard InChI is InChI=1S/C20H30N4O2/c1-11-8-12(2)22-20(21-11)24-16-6-7-17(24)10-23(9-16)19(25)18-13(3)14(4)26-15(18)5/h8,13-18H,6-7,9-10H2,1-5H3. The number of carbonyl (C=O) groups is 1. The summed E-state index contributed by atoms with van der Waals surface area (Å²) >= 11 is 0. The van der Waals surface area contributed by atoms with Crippen LogP contribution in [-0.2, 0) is 9.53 Å². The Morgan fingerprint density at radius 1 is 1.04 bits per heavy atom. The van der Waals surface area contributed by atoms with Gasteiger partial charge in [-0.2, -0.15) is 0 Å². The van der Waals surface area contributed by atoms with E-state index < -0.39 is 0 Å². The van der Waals surface area contributed by atoms with Crippen molar-refractivity contribution >= 4 is 11.9 Å². The van der Waals surface area contributed by atoms with Crippen LogP contribution in [0.1, 0.15) is 45.0 Å². The quantitative estimate of drug-likeness (QED) is 0.812. The van der Waals surface area contributed by atoms with E-state index in [9.17, 15) is 4.79 Å². The summed E-state index contributed by atoms with van der Waals surface area (Å²) in [6.45, 7) is 11.8. The van der Waals surface area contributed by atoms with Gasteiger partial charge in [-0.15, -0.1) is 0 Å². The maximum Gasteiger partial charge on any atom is 0.228 e. The van der Waals surface area contributed by atoms with Gasteiger partial charge < -0.3 is 14.5 Å². The number of likely N-dealkylation sites (tertiary alicyclic amines) is 1. The molecular formula is C20H30N4O2. The van der Waals surface area contributed by atoms with E-state index in [-0.39, 0.29) is 30.0 Å². The zero-order chi connectivity index (χ0) is 18.6. The van der Waals surface area contributed by atoms with E-state index in [1.165, 1.54) is 0 Å². The van der Waals surface area contributed by atoms with E-state index in [1.54, 1.807) is 0 Å². The largest absolute Gasteiger partial charge is 0.374 e. The minimum Gasteiger partial charge on any atom is -0.374 e. The molecule has 0 saturated carbocycles. The first-order chi connectivity index (χ1) is 12.3. The molecule has 0 spiro atoms. The van der Waals surface area contributed by atoms with Gasteiger partial charge in [0.15, 0.2) is 0 Å². The molecule has 1 amide bonds. The minimum absolute atomic E-state index is 0.00550.